The van der Waals surface area contributed by atoms with Gasteiger partial charge in [0.25, 0.3) is 0 Å². The van der Waals surface area contributed by atoms with Crippen LogP contribution >= 0.6 is 23.2 Å². The zero-order valence-electron chi connectivity index (χ0n) is 9.72. The Labute approximate surface area is 112 Å². The maximum atomic E-state index is 6.21. The van der Waals surface area contributed by atoms with E-state index in [2.05, 4.69) is 0 Å². The number of hydrogen-bond donors (Lipinski definition) is 1. The van der Waals surface area contributed by atoms with Crippen molar-refractivity contribution in [3.05, 3.63) is 33.8 Å². The van der Waals surface area contributed by atoms with Gasteiger partial charge in [-0.1, -0.05) is 48.2 Å². The molecule has 2 rings (SSSR count). The summed E-state index contributed by atoms with van der Waals surface area (Å²) in [7, 11) is 0. The van der Waals surface area contributed by atoms with Crippen molar-refractivity contribution in [2.75, 3.05) is 6.61 Å². The van der Waals surface area contributed by atoms with Crippen LogP contribution < -0.4 is 5.73 Å². The summed E-state index contributed by atoms with van der Waals surface area (Å²) in [6.07, 6.45) is 4.52. The topological polar surface area (TPSA) is 35.2 Å². The third-order valence-electron chi connectivity index (χ3n) is 3.28. The monoisotopic (exact) mass is 273 g/mol. The van der Waals surface area contributed by atoms with Crippen molar-refractivity contribution in [1.29, 1.82) is 0 Å². The first kappa shape index (κ1) is 13.2. The Hall–Kier alpha value is -0.280. The van der Waals surface area contributed by atoms with Gasteiger partial charge in [0.2, 0.25) is 0 Å². The highest BCUT2D eigenvalue weighted by Crippen LogP contribution is 2.29. The molecule has 1 saturated carbocycles. The first-order valence-electron chi connectivity index (χ1n) is 5.90. The quantitative estimate of drug-likeness (QED) is 0.906. The maximum absolute atomic E-state index is 6.21. The average Bonchev–Trinajstić information content (AvgIpc) is 2.72. The molecule has 4 heteroatoms. The van der Waals surface area contributed by atoms with E-state index in [4.69, 9.17) is 33.7 Å². The predicted molar refractivity (Wildman–Crippen MR) is 71.5 cm³/mol. The first-order valence-corrected chi connectivity index (χ1v) is 6.66. The van der Waals surface area contributed by atoms with Crippen LogP contribution in [-0.4, -0.2) is 12.1 Å². The molecule has 17 heavy (non-hydrogen) atoms. The molecule has 0 spiro atoms. The Bertz CT molecular complexity index is 389. The molecule has 0 amide bonds. The minimum atomic E-state index is -0.134. The molecule has 0 radical (unpaired) electrons. The number of halogens is 2. The molecule has 94 valence electrons. The van der Waals surface area contributed by atoms with Gasteiger partial charge in [-0.15, -0.1) is 0 Å². The fourth-order valence-electron chi connectivity index (χ4n) is 2.25. The summed E-state index contributed by atoms with van der Waals surface area (Å²) in [5, 5.41) is 1.14. The molecule has 2 N–H and O–H groups in total. The van der Waals surface area contributed by atoms with Crippen molar-refractivity contribution in [3.8, 4) is 0 Å². The molecule has 0 aliphatic heterocycles. The van der Waals surface area contributed by atoms with E-state index in [0.29, 0.717) is 23.3 Å². The third kappa shape index (κ3) is 3.35. The molecule has 2 nitrogen and oxygen atoms in total. The molecule has 1 aromatic rings. The van der Waals surface area contributed by atoms with Crippen LogP contribution in [0.25, 0.3) is 0 Å². The predicted octanol–water partition coefficient (Wildman–Crippen LogP) is 3.78. The van der Waals surface area contributed by atoms with E-state index in [0.717, 1.165) is 18.4 Å². The number of nitrogens with two attached hydrogens (primary N) is 1. The Kier molecular flexibility index (Phi) is 4.31. The molecule has 1 aliphatic rings. The highest BCUT2D eigenvalue weighted by atomic mass is 35.5. The summed E-state index contributed by atoms with van der Waals surface area (Å²) in [5.41, 5.74) is 6.99. The molecule has 0 unspecified atom stereocenters. The minimum Gasteiger partial charge on any atom is -0.375 e. The van der Waals surface area contributed by atoms with Crippen molar-refractivity contribution in [3.63, 3.8) is 0 Å². The normalized spacial score (nSPS) is 18.5. The van der Waals surface area contributed by atoms with Gasteiger partial charge in [-0.05, 0) is 24.5 Å². The van der Waals surface area contributed by atoms with E-state index < -0.39 is 0 Å². The van der Waals surface area contributed by atoms with Crippen LogP contribution in [0.3, 0.4) is 0 Å². The summed E-state index contributed by atoms with van der Waals surface area (Å²) >= 11 is 12.0. The number of rotatable bonds is 4. The van der Waals surface area contributed by atoms with Crippen molar-refractivity contribution < 1.29 is 4.74 Å². The van der Waals surface area contributed by atoms with Crippen molar-refractivity contribution in [2.24, 2.45) is 5.73 Å². The lowest BCUT2D eigenvalue weighted by Crippen LogP contribution is -2.41. The van der Waals surface area contributed by atoms with Gasteiger partial charge in [0.05, 0.1) is 23.3 Å². The Morgan fingerprint density at radius 2 is 1.94 bits per heavy atom. The van der Waals surface area contributed by atoms with E-state index in [1.165, 1.54) is 12.8 Å². The summed E-state index contributed by atoms with van der Waals surface area (Å²) in [5.74, 6) is 0. The first-order chi connectivity index (χ1) is 8.11. The summed E-state index contributed by atoms with van der Waals surface area (Å²) in [6.45, 7) is 1.06. The second kappa shape index (κ2) is 5.57. The molecule has 0 heterocycles. The number of hydrogen-bond acceptors (Lipinski definition) is 2. The molecule has 0 saturated heterocycles. The molecule has 0 atom stereocenters. The van der Waals surface area contributed by atoms with Gasteiger partial charge in [-0.2, -0.15) is 0 Å². The zero-order chi connectivity index (χ0) is 12.3. The van der Waals surface area contributed by atoms with Crippen LogP contribution in [0.4, 0.5) is 0 Å². The highest BCUT2D eigenvalue weighted by Gasteiger charge is 2.29. The van der Waals surface area contributed by atoms with Crippen LogP contribution in [0, 0.1) is 0 Å². The summed E-state index contributed by atoms with van der Waals surface area (Å²) in [4.78, 5) is 0. The average molecular weight is 274 g/mol. The summed E-state index contributed by atoms with van der Waals surface area (Å²) in [6, 6.07) is 5.57. The largest absolute Gasteiger partial charge is 0.375 e. The molecule has 1 fully saturated rings. The van der Waals surface area contributed by atoms with Crippen LogP contribution in [0.2, 0.25) is 10.0 Å². The second-order valence-corrected chi connectivity index (χ2v) is 5.56. The van der Waals surface area contributed by atoms with Gasteiger partial charge in [-0.3, -0.25) is 0 Å². The van der Waals surface area contributed by atoms with Crippen molar-refractivity contribution in [2.45, 2.75) is 37.8 Å². The minimum absolute atomic E-state index is 0.134. The molecule has 0 bridgehead atoms. The fourth-order valence-corrected chi connectivity index (χ4v) is 2.62. The van der Waals surface area contributed by atoms with Crippen LogP contribution in [-0.2, 0) is 11.3 Å². The van der Waals surface area contributed by atoms with E-state index in [1.807, 2.05) is 12.1 Å². The number of ether oxygens (including phenoxy) is 1. The van der Waals surface area contributed by atoms with Gasteiger partial charge < -0.3 is 10.5 Å². The molecule has 1 aromatic carbocycles. The molecular weight excluding hydrogens is 257 g/mol. The van der Waals surface area contributed by atoms with E-state index >= 15 is 0 Å². The Balaban J connectivity index is 1.88. The second-order valence-electron chi connectivity index (χ2n) is 4.78. The molecule has 1 aliphatic carbocycles. The molecule has 0 aromatic heterocycles. The Morgan fingerprint density at radius 1 is 1.24 bits per heavy atom. The van der Waals surface area contributed by atoms with Crippen LogP contribution in [0.5, 0.6) is 0 Å². The standard InChI is InChI=1S/C13H17Cl2NO/c14-11-5-3-4-10(12(11)15)8-17-9-13(16)6-1-2-7-13/h3-5H,1-2,6-9,16H2. The van der Waals surface area contributed by atoms with Gasteiger partial charge in [0.1, 0.15) is 0 Å². The molecular formula is C13H17Cl2NO. The third-order valence-corrected chi connectivity index (χ3v) is 4.14. The van der Waals surface area contributed by atoms with Gasteiger partial charge in [0, 0.05) is 5.54 Å². The lowest BCUT2D eigenvalue weighted by atomic mass is 10.0. The van der Waals surface area contributed by atoms with Gasteiger partial charge in [0.15, 0.2) is 0 Å². The van der Waals surface area contributed by atoms with Crippen molar-refractivity contribution >= 4 is 23.2 Å². The van der Waals surface area contributed by atoms with Gasteiger partial charge >= 0.3 is 0 Å². The van der Waals surface area contributed by atoms with E-state index in [1.54, 1.807) is 6.07 Å². The lowest BCUT2D eigenvalue weighted by molar-refractivity contribution is 0.0751. The SMILES string of the molecule is NC1(COCc2cccc(Cl)c2Cl)CCCC1. The van der Waals surface area contributed by atoms with Crippen molar-refractivity contribution in [1.82, 2.24) is 0 Å². The van der Waals surface area contributed by atoms with E-state index in [9.17, 15) is 0 Å². The van der Waals surface area contributed by atoms with Gasteiger partial charge in [-0.25, -0.2) is 0 Å². The highest BCUT2D eigenvalue weighted by molar-refractivity contribution is 6.42. The van der Waals surface area contributed by atoms with Crippen LogP contribution in [0.1, 0.15) is 31.2 Å². The zero-order valence-corrected chi connectivity index (χ0v) is 11.2. The lowest BCUT2D eigenvalue weighted by Gasteiger charge is -2.23. The van der Waals surface area contributed by atoms with Crippen LogP contribution in [0.15, 0.2) is 18.2 Å². The number of benzene rings is 1. The smallest absolute Gasteiger partial charge is 0.0732 e. The summed E-state index contributed by atoms with van der Waals surface area (Å²) < 4.78 is 5.67. The fraction of sp³-hybridized carbons (Fsp3) is 0.538. The van der Waals surface area contributed by atoms with E-state index in [-0.39, 0.29) is 5.54 Å². The maximum Gasteiger partial charge on any atom is 0.0732 e. The Morgan fingerprint density at radius 3 is 2.65 bits per heavy atom.